The smallest absolute Gasteiger partial charge is 0.181 e. The van der Waals surface area contributed by atoms with Gasteiger partial charge in [-0.2, -0.15) is 0 Å². The van der Waals surface area contributed by atoms with Crippen molar-refractivity contribution in [3.63, 3.8) is 0 Å². The second kappa shape index (κ2) is 7.07. The lowest BCUT2D eigenvalue weighted by atomic mass is 9.97. The number of hydrogen-bond acceptors (Lipinski definition) is 4. The van der Waals surface area contributed by atoms with E-state index in [2.05, 4.69) is 0 Å². The van der Waals surface area contributed by atoms with Crippen molar-refractivity contribution >= 4 is 21.6 Å². The Bertz CT molecular complexity index is 740. The van der Waals surface area contributed by atoms with Crippen molar-refractivity contribution in [3.05, 3.63) is 54.6 Å². The molecule has 3 rings (SSSR count). The number of sulfone groups is 1. The summed E-state index contributed by atoms with van der Waals surface area (Å²) in [5.74, 6) is 0. The molecule has 23 heavy (non-hydrogen) atoms. The lowest BCUT2D eigenvalue weighted by Crippen LogP contribution is -2.30. The Morgan fingerprint density at radius 2 is 1.57 bits per heavy atom. The highest BCUT2D eigenvalue weighted by Gasteiger charge is 2.32. The van der Waals surface area contributed by atoms with Crippen LogP contribution < -0.4 is 0 Å². The van der Waals surface area contributed by atoms with Crippen LogP contribution in [-0.4, -0.2) is 24.9 Å². The number of aliphatic hydroxyl groups is 1. The van der Waals surface area contributed by atoms with Crippen LogP contribution in [0.25, 0.3) is 0 Å². The fraction of sp³-hybridized carbons (Fsp3) is 0.333. The van der Waals surface area contributed by atoms with Gasteiger partial charge < -0.3 is 5.11 Å². The lowest BCUT2D eigenvalue weighted by Gasteiger charge is -2.25. The number of aliphatic hydroxyl groups excluding tert-OH is 1. The molecular weight excluding hydrogens is 328 g/mol. The van der Waals surface area contributed by atoms with Crippen LogP contribution in [0.3, 0.4) is 0 Å². The zero-order valence-corrected chi connectivity index (χ0v) is 14.4. The number of hydrogen-bond donors (Lipinski definition) is 1. The third kappa shape index (κ3) is 3.97. The van der Waals surface area contributed by atoms with Gasteiger partial charge in [-0.1, -0.05) is 30.0 Å². The SMILES string of the molecule is O=S(=O)(c1ccc(Sc2ccccc2)cc1)[C@@H]1CCC[C@@H](O)C1. The first kappa shape index (κ1) is 16.6. The Hall–Kier alpha value is -1.30. The molecule has 0 unspecified atom stereocenters. The maximum absolute atomic E-state index is 12.7. The van der Waals surface area contributed by atoms with E-state index in [1.807, 2.05) is 42.5 Å². The first-order valence-electron chi connectivity index (χ1n) is 7.80. The van der Waals surface area contributed by atoms with Gasteiger partial charge in [0.05, 0.1) is 16.2 Å². The van der Waals surface area contributed by atoms with E-state index in [1.165, 1.54) is 0 Å². The third-order valence-electron chi connectivity index (χ3n) is 4.17. The molecule has 2 atom stereocenters. The highest BCUT2D eigenvalue weighted by atomic mass is 32.2. The highest BCUT2D eigenvalue weighted by Crippen LogP contribution is 2.31. The van der Waals surface area contributed by atoms with Gasteiger partial charge in [0, 0.05) is 9.79 Å². The van der Waals surface area contributed by atoms with Crippen LogP contribution in [0.4, 0.5) is 0 Å². The van der Waals surface area contributed by atoms with E-state index >= 15 is 0 Å². The Labute approximate surface area is 141 Å². The molecule has 2 aromatic rings. The molecule has 2 aromatic carbocycles. The summed E-state index contributed by atoms with van der Waals surface area (Å²) >= 11 is 1.61. The van der Waals surface area contributed by atoms with E-state index in [9.17, 15) is 13.5 Å². The first-order chi connectivity index (χ1) is 11.1. The van der Waals surface area contributed by atoms with Gasteiger partial charge in [0.25, 0.3) is 0 Å². The summed E-state index contributed by atoms with van der Waals surface area (Å²) in [4.78, 5) is 2.49. The van der Waals surface area contributed by atoms with Crippen molar-refractivity contribution in [2.45, 2.75) is 51.7 Å². The molecule has 5 heteroatoms. The van der Waals surface area contributed by atoms with Gasteiger partial charge in [-0.05, 0) is 62.1 Å². The van der Waals surface area contributed by atoms with E-state index in [0.29, 0.717) is 24.2 Å². The summed E-state index contributed by atoms with van der Waals surface area (Å²) in [5.41, 5.74) is 0. The van der Waals surface area contributed by atoms with E-state index < -0.39 is 21.2 Å². The molecular formula is C18H20O3S2. The fourth-order valence-corrected chi connectivity index (χ4v) is 5.61. The van der Waals surface area contributed by atoms with Crippen molar-refractivity contribution < 1.29 is 13.5 Å². The van der Waals surface area contributed by atoms with Crippen molar-refractivity contribution in [2.75, 3.05) is 0 Å². The number of rotatable bonds is 4. The minimum absolute atomic E-state index is 0.350. The van der Waals surface area contributed by atoms with Crippen LogP contribution in [0.5, 0.6) is 0 Å². The van der Waals surface area contributed by atoms with E-state index in [4.69, 9.17) is 0 Å². The number of benzene rings is 2. The molecule has 122 valence electrons. The fourth-order valence-electron chi connectivity index (χ4n) is 2.92. The highest BCUT2D eigenvalue weighted by molar-refractivity contribution is 7.99. The molecule has 1 aliphatic carbocycles. The molecule has 1 N–H and O–H groups in total. The average Bonchev–Trinajstić information content (AvgIpc) is 2.56. The second-order valence-corrected chi connectivity index (χ2v) is 9.25. The standard InChI is InChI=1S/C18H20O3S2/c19-14-5-4-8-18(13-14)23(20,21)17-11-9-16(10-12-17)22-15-6-2-1-3-7-15/h1-3,6-7,9-12,14,18-19H,4-5,8,13H2/t14-,18-/m1/s1. The zero-order valence-electron chi connectivity index (χ0n) is 12.8. The van der Waals surface area contributed by atoms with Crippen molar-refractivity contribution in [1.82, 2.24) is 0 Å². The summed E-state index contributed by atoms with van der Waals surface area (Å²) in [7, 11) is -3.35. The zero-order chi connectivity index (χ0) is 16.3. The van der Waals surface area contributed by atoms with Crippen molar-refractivity contribution in [3.8, 4) is 0 Å². The monoisotopic (exact) mass is 348 g/mol. The molecule has 1 fully saturated rings. The quantitative estimate of drug-likeness (QED) is 0.910. The van der Waals surface area contributed by atoms with Crippen molar-refractivity contribution in [2.24, 2.45) is 0 Å². The molecule has 0 aliphatic heterocycles. The molecule has 0 aromatic heterocycles. The van der Waals surface area contributed by atoms with Gasteiger partial charge in [-0.25, -0.2) is 8.42 Å². The maximum atomic E-state index is 12.7. The topological polar surface area (TPSA) is 54.4 Å². The van der Waals surface area contributed by atoms with E-state index in [-0.39, 0.29) is 0 Å². The van der Waals surface area contributed by atoms with Crippen LogP contribution >= 0.6 is 11.8 Å². The summed E-state index contributed by atoms with van der Waals surface area (Å²) < 4.78 is 25.4. The molecule has 0 spiro atoms. The second-order valence-electron chi connectivity index (χ2n) is 5.87. The van der Waals surface area contributed by atoms with Gasteiger partial charge in [-0.15, -0.1) is 0 Å². The summed E-state index contributed by atoms with van der Waals surface area (Å²) in [6.45, 7) is 0. The van der Waals surface area contributed by atoms with Gasteiger partial charge in [0.2, 0.25) is 0 Å². The molecule has 1 saturated carbocycles. The normalized spacial score (nSPS) is 22.0. The molecule has 0 heterocycles. The van der Waals surface area contributed by atoms with Gasteiger partial charge in [0.1, 0.15) is 0 Å². The third-order valence-corrected chi connectivity index (χ3v) is 7.42. The molecule has 0 amide bonds. The average molecular weight is 348 g/mol. The Morgan fingerprint density at radius 3 is 2.22 bits per heavy atom. The predicted octanol–water partition coefficient (Wildman–Crippen LogP) is 3.92. The largest absolute Gasteiger partial charge is 0.393 e. The van der Waals surface area contributed by atoms with Crippen LogP contribution in [0, 0.1) is 0 Å². The molecule has 1 aliphatic rings. The molecule has 0 saturated heterocycles. The first-order valence-corrected chi connectivity index (χ1v) is 10.2. The minimum atomic E-state index is -3.35. The Balaban J connectivity index is 1.76. The van der Waals surface area contributed by atoms with E-state index in [0.717, 1.165) is 16.2 Å². The summed E-state index contributed by atoms with van der Waals surface area (Å²) in [6.07, 6.45) is 1.98. The van der Waals surface area contributed by atoms with Crippen LogP contribution in [0.2, 0.25) is 0 Å². The van der Waals surface area contributed by atoms with Crippen LogP contribution in [0.1, 0.15) is 25.7 Å². The molecule has 0 radical (unpaired) electrons. The lowest BCUT2D eigenvalue weighted by molar-refractivity contribution is 0.131. The van der Waals surface area contributed by atoms with E-state index in [1.54, 1.807) is 23.9 Å². The summed E-state index contributed by atoms with van der Waals surface area (Å²) in [6, 6.07) is 17.1. The Morgan fingerprint density at radius 1 is 0.913 bits per heavy atom. The Kier molecular flexibility index (Phi) is 5.09. The maximum Gasteiger partial charge on any atom is 0.181 e. The molecule has 3 nitrogen and oxygen atoms in total. The predicted molar refractivity (Wildman–Crippen MR) is 92.5 cm³/mol. The van der Waals surface area contributed by atoms with Gasteiger partial charge >= 0.3 is 0 Å². The van der Waals surface area contributed by atoms with Gasteiger partial charge in [0.15, 0.2) is 9.84 Å². The van der Waals surface area contributed by atoms with Crippen LogP contribution in [0.15, 0.2) is 69.3 Å². The minimum Gasteiger partial charge on any atom is -0.393 e. The summed E-state index contributed by atoms with van der Waals surface area (Å²) in [5, 5.41) is 9.27. The molecule has 0 bridgehead atoms. The van der Waals surface area contributed by atoms with Crippen LogP contribution in [-0.2, 0) is 9.84 Å². The van der Waals surface area contributed by atoms with Gasteiger partial charge in [-0.3, -0.25) is 0 Å². The van der Waals surface area contributed by atoms with Crippen molar-refractivity contribution in [1.29, 1.82) is 0 Å².